The summed E-state index contributed by atoms with van der Waals surface area (Å²) in [4.78, 5) is 7.68. The zero-order valence-electron chi connectivity index (χ0n) is 10.7. The van der Waals surface area contributed by atoms with E-state index in [4.69, 9.17) is 0 Å². The number of hydrogen-bond acceptors (Lipinski definition) is 3. The summed E-state index contributed by atoms with van der Waals surface area (Å²) in [6.07, 6.45) is 1.99. The first kappa shape index (κ1) is 11.1. The van der Waals surface area contributed by atoms with Crippen LogP contribution in [-0.2, 0) is 0 Å². The van der Waals surface area contributed by atoms with Crippen LogP contribution < -0.4 is 10.6 Å². The van der Waals surface area contributed by atoms with Crippen LogP contribution in [0.25, 0.3) is 10.9 Å². The lowest BCUT2D eigenvalue weighted by Gasteiger charge is -2.12. The number of rotatable bonds is 2. The van der Waals surface area contributed by atoms with E-state index in [0.29, 0.717) is 5.92 Å². The molecule has 0 saturated heterocycles. The Morgan fingerprint density at radius 3 is 2.94 bits per heavy atom. The van der Waals surface area contributed by atoms with Crippen molar-refractivity contribution in [2.45, 2.75) is 19.8 Å². The van der Waals surface area contributed by atoms with Crippen molar-refractivity contribution < 1.29 is 0 Å². The van der Waals surface area contributed by atoms with E-state index in [0.717, 1.165) is 24.7 Å². The molecule has 94 valence electrons. The van der Waals surface area contributed by atoms with Gasteiger partial charge in [-0.1, -0.05) is 13.8 Å². The molecule has 1 aliphatic rings. The van der Waals surface area contributed by atoms with E-state index in [1.54, 1.807) is 0 Å². The van der Waals surface area contributed by atoms with Gasteiger partial charge < -0.3 is 15.6 Å². The van der Waals surface area contributed by atoms with Crippen molar-refractivity contribution >= 4 is 22.5 Å². The summed E-state index contributed by atoms with van der Waals surface area (Å²) in [5.74, 6) is 1.37. The average molecular weight is 242 g/mol. The number of fused-ring (bicyclic) bond motifs is 1. The Labute approximate surface area is 107 Å². The summed E-state index contributed by atoms with van der Waals surface area (Å²) in [6.45, 7) is 6.20. The van der Waals surface area contributed by atoms with Crippen molar-refractivity contribution in [3.63, 3.8) is 0 Å². The number of H-pyrrole nitrogens is 1. The maximum absolute atomic E-state index is 4.36. The van der Waals surface area contributed by atoms with Gasteiger partial charge in [0.25, 0.3) is 0 Å². The molecule has 2 heterocycles. The van der Waals surface area contributed by atoms with Gasteiger partial charge in [0, 0.05) is 29.3 Å². The van der Waals surface area contributed by atoms with Crippen LogP contribution in [-0.4, -0.2) is 24.0 Å². The minimum absolute atomic E-state index is 0.492. The first-order chi connectivity index (χ1) is 8.74. The average Bonchev–Trinajstić information content (AvgIpc) is 2.98. The number of aliphatic imine (C=N–C) groups is 1. The van der Waals surface area contributed by atoms with Crippen LogP contribution in [0.1, 0.15) is 25.3 Å². The predicted molar refractivity (Wildman–Crippen MR) is 76.3 cm³/mol. The summed E-state index contributed by atoms with van der Waals surface area (Å²) in [5, 5.41) is 7.81. The van der Waals surface area contributed by atoms with Gasteiger partial charge in [-0.3, -0.25) is 4.99 Å². The Bertz CT molecular complexity index is 595. The highest BCUT2D eigenvalue weighted by atomic mass is 15.2. The second-order valence-electron chi connectivity index (χ2n) is 4.94. The molecule has 0 spiro atoms. The molecular formula is C14H18N4. The zero-order valence-corrected chi connectivity index (χ0v) is 10.7. The van der Waals surface area contributed by atoms with E-state index < -0.39 is 0 Å². The van der Waals surface area contributed by atoms with Crippen molar-refractivity contribution in [1.29, 1.82) is 0 Å². The summed E-state index contributed by atoms with van der Waals surface area (Å²) in [6, 6.07) is 6.46. The Morgan fingerprint density at radius 1 is 1.33 bits per heavy atom. The topological polar surface area (TPSA) is 52.2 Å². The summed E-state index contributed by atoms with van der Waals surface area (Å²) in [5.41, 5.74) is 3.66. The van der Waals surface area contributed by atoms with Crippen LogP contribution in [0.15, 0.2) is 29.4 Å². The van der Waals surface area contributed by atoms with Gasteiger partial charge in [0.1, 0.15) is 0 Å². The second-order valence-corrected chi connectivity index (χ2v) is 4.94. The third-order valence-electron chi connectivity index (χ3n) is 3.25. The number of benzene rings is 1. The molecule has 0 amide bonds. The van der Waals surface area contributed by atoms with Crippen LogP contribution in [0.2, 0.25) is 0 Å². The van der Waals surface area contributed by atoms with Gasteiger partial charge in [0.05, 0.1) is 6.54 Å². The van der Waals surface area contributed by atoms with E-state index >= 15 is 0 Å². The first-order valence-electron chi connectivity index (χ1n) is 6.40. The molecular weight excluding hydrogens is 224 g/mol. The van der Waals surface area contributed by atoms with Crippen molar-refractivity contribution in [3.05, 3.63) is 30.0 Å². The molecule has 1 aliphatic heterocycles. The number of hydrogen-bond donors (Lipinski definition) is 3. The molecule has 0 saturated carbocycles. The Balaban J connectivity index is 2.01. The molecule has 0 bridgehead atoms. The SMILES string of the molecule is CC(C)c1cc(NC2=NCCN2)cc2cc[nH]c12. The fourth-order valence-electron chi connectivity index (χ4n) is 2.35. The molecule has 0 unspecified atom stereocenters. The molecule has 0 radical (unpaired) electrons. The van der Waals surface area contributed by atoms with Gasteiger partial charge in [-0.05, 0) is 29.7 Å². The Morgan fingerprint density at radius 2 is 2.22 bits per heavy atom. The number of nitrogens with zero attached hydrogens (tertiary/aromatic N) is 1. The predicted octanol–water partition coefficient (Wildman–Crippen LogP) is 2.66. The lowest BCUT2D eigenvalue weighted by Crippen LogP contribution is -2.26. The lowest BCUT2D eigenvalue weighted by molar-refractivity contribution is 0.874. The van der Waals surface area contributed by atoms with Crippen LogP contribution in [0.4, 0.5) is 5.69 Å². The summed E-state index contributed by atoms with van der Waals surface area (Å²) in [7, 11) is 0. The van der Waals surface area contributed by atoms with Crippen molar-refractivity contribution in [1.82, 2.24) is 10.3 Å². The summed E-state index contributed by atoms with van der Waals surface area (Å²) >= 11 is 0. The van der Waals surface area contributed by atoms with Crippen molar-refractivity contribution in [3.8, 4) is 0 Å². The smallest absolute Gasteiger partial charge is 0.195 e. The number of anilines is 1. The van der Waals surface area contributed by atoms with E-state index in [-0.39, 0.29) is 0 Å². The largest absolute Gasteiger partial charge is 0.361 e. The maximum atomic E-state index is 4.36. The van der Waals surface area contributed by atoms with Crippen molar-refractivity contribution in [2.24, 2.45) is 4.99 Å². The molecule has 0 fully saturated rings. The molecule has 0 atom stereocenters. The van der Waals surface area contributed by atoms with Gasteiger partial charge in [0.15, 0.2) is 5.96 Å². The monoisotopic (exact) mass is 242 g/mol. The molecule has 4 heteroatoms. The molecule has 1 aromatic carbocycles. The number of guanidine groups is 1. The molecule has 0 aliphatic carbocycles. The highest BCUT2D eigenvalue weighted by Gasteiger charge is 2.10. The Hall–Kier alpha value is -1.97. The quantitative estimate of drug-likeness (QED) is 0.758. The number of aromatic nitrogens is 1. The highest BCUT2D eigenvalue weighted by molar-refractivity contribution is 5.97. The molecule has 2 aromatic rings. The highest BCUT2D eigenvalue weighted by Crippen LogP contribution is 2.28. The fourth-order valence-corrected chi connectivity index (χ4v) is 2.35. The lowest BCUT2D eigenvalue weighted by atomic mass is 10.00. The van der Waals surface area contributed by atoms with E-state index in [9.17, 15) is 0 Å². The van der Waals surface area contributed by atoms with Crippen LogP contribution in [0, 0.1) is 0 Å². The third-order valence-corrected chi connectivity index (χ3v) is 3.25. The van der Waals surface area contributed by atoms with Crippen molar-refractivity contribution in [2.75, 3.05) is 18.4 Å². The third kappa shape index (κ3) is 1.94. The number of aromatic amines is 1. The maximum Gasteiger partial charge on any atom is 0.195 e. The van der Waals surface area contributed by atoms with E-state index in [1.807, 2.05) is 6.20 Å². The molecule has 3 rings (SSSR count). The normalized spacial score (nSPS) is 14.9. The zero-order chi connectivity index (χ0) is 12.5. The van der Waals surface area contributed by atoms with Crippen LogP contribution >= 0.6 is 0 Å². The van der Waals surface area contributed by atoms with E-state index in [2.05, 4.69) is 52.7 Å². The molecule has 1 aromatic heterocycles. The first-order valence-corrected chi connectivity index (χ1v) is 6.40. The molecule has 3 N–H and O–H groups in total. The molecule has 4 nitrogen and oxygen atoms in total. The van der Waals surface area contributed by atoms with Gasteiger partial charge >= 0.3 is 0 Å². The van der Waals surface area contributed by atoms with Crippen LogP contribution in [0.3, 0.4) is 0 Å². The standard InChI is InChI=1S/C14H18N4/c1-9(2)12-8-11(18-14-16-5-6-17-14)7-10-3-4-15-13(10)12/h3-4,7-9,15H,5-6H2,1-2H3,(H2,16,17,18). The van der Waals surface area contributed by atoms with Gasteiger partial charge in [-0.15, -0.1) is 0 Å². The van der Waals surface area contributed by atoms with E-state index in [1.165, 1.54) is 16.5 Å². The van der Waals surface area contributed by atoms with Gasteiger partial charge in [-0.2, -0.15) is 0 Å². The second kappa shape index (κ2) is 4.37. The minimum Gasteiger partial charge on any atom is -0.361 e. The van der Waals surface area contributed by atoms with Gasteiger partial charge in [-0.25, -0.2) is 0 Å². The Kier molecular flexibility index (Phi) is 2.70. The van der Waals surface area contributed by atoms with Crippen LogP contribution in [0.5, 0.6) is 0 Å². The summed E-state index contributed by atoms with van der Waals surface area (Å²) < 4.78 is 0. The van der Waals surface area contributed by atoms with Gasteiger partial charge in [0.2, 0.25) is 0 Å². The molecule has 18 heavy (non-hydrogen) atoms. The minimum atomic E-state index is 0.492. The number of nitrogens with one attached hydrogen (secondary N) is 3. The fraction of sp³-hybridized carbons (Fsp3) is 0.357.